The molecule has 2 aromatic rings. The van der Waals surface area contributed by atoms with E-state index < -0.39 is 0 Å². The summed E-state index contributed by atoms with van der Waals surface area (Å²) < 4.78 is 24.2. The number of benzene rings is 2. The van der Waals surface area contributed by atoms with Crippen LogP contribution in [0.4, 0.5) is 0 Å². The van der Waals surface area contributed by atoms with Crippen molar-refractivity contribution in [3.8, 4) is 41.1 Å². The SMILES string of the molecule is C#CCc1cc(OCCC)c(Oc2cc(CC=C)c(OCCC)cc2Cl)c(OCCC)c1. The van der Waals surface area contributed by atoms with Crippen LogP contribution in [0.25, 0.3) is 0 Å². The number of hydrogen-bond acceptors (Lipinski definition) is 4. The first-order valence-electron chi connectivity index (χ1n) is 11.2. The highest BCUT2D eigenvalue weighted by molar-refractivity contribution is 6.32. The Morgan fingerprint density at radius 1 is 0.875 bits per heavy atom. The van der Waals surface area contributed by atoms with E-state index in [1.165, 1.54) is 0 Å². The van der Waals surface area contributed by atoms with Crippen LogP contribution in [0.3, 0.4) is 0 Å². The maximum absolute atomic E-state index is 6.59. The van der Waals surface area contributed by atoms with E-state index in [4.69, 9.17) is 37.0 Å². The van der Waals surface area contributed by atoms with E-state index in [0.717, 1.165) is 36.1 Å². The summed E-state index contributed by atoms with van der Waals surface area (Å²) in [5.74, 6) is 5.56. The molecule has 0 spiro atoms. The molecule has 0 aliphatic rings. The molecule has 2 rings (SSSR count). The van der Waals surface area contributed by atoms with E-state index >= 15 is 0 Å². The van der Waals surface area contributed by atoms with Gasteiger partial charge in [-0.2, -0.15) is 0 Å². The molecule has 0 aliphatic carbocycles. The topological polar surface area (TPSA) is 36.9 Å². The lowest BCUT2D eigenvalue weighted by atomic mass is 10.1. The Hall–Kier alpha value is -2.77. The Morgan fingerprint density at radius 2 is 1.44 bits per heavy atom. The Kier molecular flexibility index (Phi) is 10.8. The summed E-state index contributed by atoms with van der Waals surface area (Å²) in [6, 6.07) is 7.48. The Bertz CT molecular complexity index is 901. The first-order valence-corrected chi connectivity index (χ1v) is 11.6. The molecule has 0 atom stereocenters. The summed E-state index contributed by atoms with van der Waals surface area (Å²) in [6.07, 6.45) is 11.1. The molecule has 0 N–H and O–H groups in total. The van der Waals surface area contributed by atoms with Gasteiger partial charge in [0.05, 0.1) is 24.8 Å². The zero-order valence-electron chi connectivity index (χ0n) is 19.3. The van der Waals surface area contributed by atoms with Crippen LogP contribution >= 0.6 is 11.6 Å². The number of allylic oxidation sites excluding steroid dienone is 1. The van der Waals surface area contributed by atoms with E-state index in [2.05, 4.69) is 19.4 Å². The standard InChI is InChI=1S/C27H33ClO4/c1-6-11-20-16-25(30-14-9-4)27(26(17-20)31-15-10-5)32-24-18-21(12-7-2)23(19-22(24)28)29-13-8-3/h1,7,16-19H,2,8-15H2,3-5H3. The zero-order chi connectivity index (χ0) is 23.3. The normalized spacial score (nSPS) is 10.3. The number of hydrogen-bond donors (Lipinski definition) is 0. The Balaban J connectivity index is 2.53. The second kappa shape index (κ2) is 13.6. The molecule has 0 unspecified atom stereocenters. The average molecular weight is 457 g/mol. The summed E-state index contributed by atoms with van der Waals surface area (Å²) in [4.78, 5) is 0. The van der Waals surface area contributed by atoms with Crippen molar-refractivity contribution < 1.29 is 18.9 Å². The summed E-state index contributed by atoms with van der Waals surface area (Å²) in [6.45, 7) is 11.7. The monoisotopic (exact) mass is 456 g/mol. The van der Waals surface area contributed by atoms with Crippen LogP contribution in [0.15, 0.2) is 36.9 Å². The van der Waals surface area contributed by atoms with Gasteiger partial charge in [-0.05, 0) is 49.4 Å². The molecule has 172 valence electrons. The minimum Gasteiger partial charge on any atom is -0.493 e. The Labute approximate surface area is 197 Å². The van der Waals surface area contributed by atoms with Gasteiger partial charge in [-0.1, -0.05) is 38.4 Å². The smallest absolute Gasteiger partial charge is 0.211 e. The third-order valence-corrected chi connectivity index (χ3v) is 4.76. The van der Waals surface area contributed by atoms with Gasteiger partial charge < -0.3 is 18.9 Å². The van der Waals surface area contributed by atoms with Crippen molar-refractivity contribution in [1.82, 2.24) is 0 Å². The highest BCUT2D eigenvalue weighted by atomic mass is 35.5. The number of terminal acetylenes is 1. The number of ether oxygens (including phenoxy) is 4. The van der Waals surface area contributed by atoms with E-state index in [0.29, 0.717) is 60.7 Å². The van der Waals surface area contributed by atoms with Gasteiger partial charge in [0.2, 0.25) is 5.75 Å². The lowest BCUT2D eigenvalue weighted by Gasteiger charge is -2.19. The summed E-state index contributed by atoms with van der Waals surface area (Å²) >= 11 is 6.59. The van der Waals surface area contributed by atoms with Gasteiger partial charge in [0.25, 0.3) is 0 Å². The third-order valence-electron chi connectivity index (χ3n) is 4.46. The summed E-state index contributed by atoms with van der Waals surface area (Å²) in [7, 11) is 0. The average Bonchev–Trinajstić information content (AvgIpc) is 2.78. The quantitative estimate of drug-likeness (QED) is 0.219. The van der Waals surface area contributed by atoms with Crippen LogP contribution in [0.1, 0.15) is 51.2 Å². The molecular weight excluding hydrogens is 424 g/mol. The van der Waals surface area contributed by atoms with Crippen molar-refractivity contribution in [2.75, 3.05) is 19.8 Å². The van der Waals surface area contributed by atoms with Crippen molar-refractivity contribution in [2.45, 2.75) is 52.9 Å². The van der Waals surface area contributed by atoms with Gasteiger partial charge in [-0.3, -0.25) is 0 Å². The van der Waals surface area contributed by atoms with Crippen LogP contribution in [0.5, 0.6) is 28.7 Å². The van der Waals surface area contributed by atoms with E-state index in [1.54, 1.807) is 6.07 Å². The molecule has 2 aromatic carbocycles. The predicted octanol–water partition coefficient (Wildman–Crippen LogP) is 7.40. The molecular formula is C27H33ClO4. The van der Waals surface area contributed by atoms with E-state index in [9.17, 15) is 0 Å². The largest absolute Gasteiger partial charge is 0.493 e. The van der Waals surface area contributed by atoms with E-state index in [-0.39, 0.29) is 0 Å². The fourth-order valence-electron chi connectivity index (χ4n) is 3.02. The molecule has 0 saturated carbocycles. The highest BCUT2D eigenvalue weighted by Gasteiger charge is 2.19. The maximum Gasteiger partial charge on any atom is 0.211 e. The minimum absolute atomic E-state index is 0.444. The fraction of sp³-hybridized carbons (Fsp3) is 0.407. The molecule has 0 aliphatic heterocycles. The predicted molar refractivity (Wildman–Crippen MR) is 132 cm³/mol. The van der Waals surface area contributed by atoms with Gasteiger partial charge >= 0.3 is 0 Å². The third kappa shape index (κ3) is 7.14. The maximum atomic E-state index is 6.59. The van der Waals surface area contributed by atoms with Crippen molar-refractivity contribution in [2.24, 2.45) is 0 Å². The molecule has 0 fully saturated rings. The molecule has 0 radical (unpaired) electrons. The van der Waals surface area contributed by atoms with Crippen molar-refractivity contribution in [3.05, 3.63) is 53.1 Å². The highest BCUT2D eigenvalue weighted by Crippen LogP contribution is 2.45. The zero-order valence-corrected chi connectivity index (χ0v) is 20.1. The van der Waals surface area contributed by atoms with Gasteiger partial charge in [-0.15, -0.1) is 18.9 Å². The Morgan fingerprint density at radius 3 is 1.94 bits per heavy atom. The molecule has 0 amide bonds. The number of halogens is 1. The van der Waals surface area contributed by atoms with Crippen molar-refractivity contribution in [3.63, 3.8) is 0 Å². The van der Waals surface area contributed by atoms with Gasteiger partial charge in [0.15, 0.2) is 11.5 Å². The van der Waals surface area contributed by atoms with Gasteiger partial charge in [0.1, 0.15) is 11.5 Å². The minimum atomic E-state index is 0.444. The molecule has 32 heavy (non-hydrogen) atoms. The van der Waals surface area contributed by atoms with E-state index in [1.807, 2.05) is 38.1 Å². The first-order chi connectivity index (χ1) is 15.6. The molecule has 0 saturated heterocycles. The molecule has 4 nitrogen and oxygen atoms in total. The van der Waals surface area contributed by atoms with Crippen LogP contribution in [-0.2, 0) is 12.8 Å². The van der Waals surface area contributed by atoms with Crippen molar-refractivity contribution in [1.29, 1.82) is 0 Å². The molecule has 5 heteroatoms. The van der Waals surface area contributed by atoms with Gasteiger partial charge in [-0.25, -0.2) is 0 Å². The first kappa shape index (κ1) is 25.5. The van der Waals surface area contributed by atoms with Crippen LogP contribution in [0.2, 0.25) is 5.02 Å². The fourth-order valence-corrected chi connectivity index (χ4v) is 3.21. The molecule has 0 heterocycles. The van der Waals surface area contributed by atoms with Crippen LogP contribution in [0, 0.1) is 12.3 Å². The second-order valence-corrected chi connectivity index (χ2v) is 7.74. The number of rotatable bonds is 14. The lowest BCUT2D eigenvalue weighted by molar-refractivity contribution is 0.276. The second-order valence-electron chi connectivity index (χ2n) is 7.33. The van der Waals surface area contributed by atoms with Crippen molar-refractivity contribution >= 4 is 11.6 Å². The van der Waals surface area contributed by atoms with Crippen LogP contribution < -0.4 is 18.9 Å². The molecule has 0 bridgehead atoms. The lowest BCUT2D eigenvalue weighted by Crippen LogP contribution is -2.04. The summed E-state index contributed by atoms with van der Waals surface area (Å²) in [5.41, 5.74) is 1.88. The molecule has 0 aromatic heterocycles. The summed E-state index contributed by atoms with van der Waals surface area (Å²) in [5, 5.41) is 0.444. The van der Waals surface area contributed by atoms with Crippen LogP contribution in [-0.4, -0.2) is 19.8 Å². The van der Waals surface area contributed by atoms with Gasteiger partial charge in [0, 0.05) is 18.1 Å².